The first-order valence-electron chi connectivity index (χ1n) is 8.76. The molecule has 0 radical (unpaired) electrons. The zero-order chi connectivity index (χ0) is 20.4. The zero-order valence-electron chi connectivity index (χ0n) is 15.0. The number of carbonyl (C=O) groups excluding carboxylic acids is 1. The molecule has 1 N–H and O–H groups in total. The van der Waals surface area contributed by atoms with Crippen LogP contribution in [0.15, 0.2) is 60.0 Å². The van der Waals surface area contributed by atoms with Crippen molar-refractivity contribution in [2.24, 2.45) is 0 Å². The third-order valence-electron chi connectivity index (χ3n) is 4.30. The lowest BCUT2D eigenvalue weighted by atomic mass is 10.1. The summed E-state index contributed by atoms with van der Waals surface area (Å²) in [4.78, 5) is 17.4. The number of benzene rings is 2. The van der Waals surface area contributed by atoms with E-state index in [4.69, 9.17) is 0 Å². The molecular formula is C20H15F3N4OS. The normalized spacial score (nSPS) is 11.7. The minimum atomic E-state index is -4.48. The molecule has 2 aromatic heterocycles. The van der Waals surface area contributed by atoms with Crippen LogP contribution in [0.2, 0.25) is 0 Å². The summed E-state index contributed by atoms with van der Waals surface area (Å²) in [7, 11) is 0. The van der Waals surface area contributed by atoms with E-state index >= 15 is 0 Å². The molecule has 2 heterocycles. The molecule has 0 bridgehead atoms. The van der Waals surface area contributed by atoms with Crippen molar-refractivity contribution in [2.45, 2.75) is 12.6 Å². The number of thiazole rings is 1. The van der Waals surface area contributed by atoms with Crippen LogP contribution in [0.3, 0.4) is 0 Å². The molecule has 0 atom stereocenters. The van der Waals surface area contributed by atoms with Gasteiger partial charge < -0.3 is 5.32 Å². The van der Waals surface area contributed by atoms with E-state index in [-0.39, 0.29) is 12.1 Å². The monoisotopic (exact) mass is 416 g/mol. The number of hydrogen-bond acceptors (Lipinski definition) is 4. The SMILES string of the molecule is O=C(NCCc1csc2nc(-c3ccccc3)nn12)c1cccc(C(F)(F)F)c1. The van der Waals surface area contributed by atoms with Gasteiger partial charge in [-0.3, -0.25) is 4.79 Å². The lowest BCUT2D eigenvalue weighted by Gasteiger charge is -2.09. The van der Waals surface area contributed by atoms with Crippen LogP contribution in [0.25, 0.3) is 16.3 Å². The maximum Gasteiger partial charge on any atom is 0.416 e. The molecule has 0 saturated carbocycles. The van der Waals surface area contributed by atoms with Gasteiger partial charge in [0, 0.05) is 29.5 Å². The summed E-state index contributed by atoms with van der Waals surface area (Å²) in [6.45, 7) is 0.265. The molecule has 0 unspecified atom stereocenters. The van der Waals surface area contributed by atoms with Crippen molar-refractivity contribution in [3.63, 3.8) is 0 Å². The summed E-state index contributed by atoms with van der Waals surface area (Å²) < 4.78 is 40.1. The Bertz CT molecular complexity index is 1150. The van der Waals surface area contributed by atoms with E-state index in [9.17, 15) is 18.0 Å². The van der Waals surface area contributed by atoms with Crippen LogP contribution in [0.5, 0.6) is 0 Å². The van der Waals surface area contributed by atoms with Gasteiger partial charge in [-0.15, -0.1) is 16.4 Å². The van der Waals surface area contributed by atoms with Crippen molar-refractivity contribution in [3.05, 3.63) is 76.8 Å². The number of aromatic nitrogens is 3. The summed E-state index contributed by atoms with van der Waals surface area (Å²) in [6, 6.07) is 14.0. The molecule has 0 saturated heterocycles. The van der Waals surface area contributed by atoms with Gasteiger partial charge in [-0.1, -0.05) is 36.4 Å². The Morgan fingerprint density at radius 2 is 1.90 bits per heavy atom. The van der Waals surface area contributed by atoms with Gasteiger partial charge in [0.25, 0.3) is 5.91 Å². The molecule has 29 heavy (non-hydrogen) atoms. The Hall–Kier alpha value is -3.20. The van der Waals surface area contributed by atoms with Crippen molar-refractivity contribution >= 4 is 22.2 Å². The predicted octanol–water partition coefficient (Wildman–Crippen LogP) is 4.45. The van der Waals surface area contributed by atoms with Gasteiger partial charge in [-0.05, 0) is 18.2 Å². The number of rotatable bonds is 5. The number of halogens is 3. The number of alkyl halides is 3. The number of fused-ring (bicyclic) bond motifs is 1. The highest BCUT2D eigenvalue weighted by atomic mass is 32.1. The fraction of sp³-hybridized carbons (Fsp3) is 0.150. The molecule has 9 heteroatoms. The average Bonchev–Trinajstić information content (AvgIpc) is 3.30. The van der Waals surface area contributed by atoms with Gasteiger partial charge in [-0.2, -0.15) is 18.2 Å². The van der Waals surface area contributed by atoms with Crippen molar-refractivity contribution in [1.82, 2.24) is 19.9 Å². The Labute approximate surface area is 167 Å². The van der Waals surface area contributed by atoms with Crippen LogP contribution in [0, 0.1) is 0 Å². The fourth-order valence-corrected chi connectivity index (χ4v) is 3.71. The summed E-state index contributed by atoms with van der Waals surface area (Å²) in [5.41, 5.74) is 0.902. The van der Waals surface area contributed by atoms with E-state index in [2.05, 4.69) is 15.4 Å². The third kappa shape index (κ3) is 4.14. The van der Waals surface area contributed by atoms with Gasteiger partial charge in [0.1, 0.15) is 0 Å². The minimum absolute atomic E-state index is 0.0255. The van der Waals surface area contributed by atoms with Crippen molar-refractivity contribution < 1.29 is 18.0 Å². The molecular weight excluding hydrogens is 401 g/mol. The molecule has 1 amide bonds. The summed E-state index contributed by atoms with van der Waals surface area (Å²) in [5, 5.41) is 9.07. The van der Waals surface area contributed by atoms with Gasteiger partial charge in [-0.25, -0.2) is 4.52 Å². The fourth-order valence-electron chi connectivity index (χ4n) is 2.85. The molecule has 0 aliphatic carbocycles. The predicted molar refractivity (Wildman–Crippen MR) is 104 cm³/mol. The Balaban J connectivity index is 1.43. The van der Waals surface area contributed by atoms with Crippen molar-refractivity contribution in [2.75, 3.05) is 6.54 Å². The molecule has 4 aromatic rings. The van der Waals surface area contributed by atoms with Gasteiger partial charge >= 0.3 is 6.18 Å². The minimum Gasteiger partial charge on any atom is -0.352 e. The number of hydrogen-bond donors (Lipinski definition) is 1. The van der Waals surface area contributed by atoms with Gasteiger partial charge in [0.05, 0.1) is 11.3 Å². The first kappa shape index (κ1) is 19.1. The van der Waals surface area contributed by atoms with E-state index in [0.717, 1.165) is 28.4 Å². The lowest BCUT2D eigenvalue weighted by Crippen LogP contribution is -2.26. The number of carbonyl (C=O) groups is 1. The second-order valence-electron chi connectivity index (χ2n) is 6.31. The quantitative estimate of drug-likeness (QED) is 0.523. The molecule has 0 aliphatic rings. The third-order valence-corrected chi connectivity index (χ3v) is 5.17. The first-order valence-corrected chi connectivity index (χ1v) is 9.64. The highest BCUT2D eigenvalue weighted by Crippen LogP contribution is 2.29. The largest absolute Gasteiger partial charge is 0.416 e. The summed E-state index contributed by atoms with van der Waals surface area (Å²) in [6.07, 6.45) is -4.01. The molecule has 5 nitrogen and oxygen atoms in total. The maximum absolute atomic E-state index is 12.8. The van der Waals surface area contributed by atoms with Crippen LogP contribution in [-0.2, 0) is 12.6 Å². The molecule has 4 rings (SSSR count). The van der Waals surface area contributed by atoms with Crippen molar-refractivity contribution in [1.29, 1.82) is 0 Å². The molecule has 0 spiro atoms. The lowest BCUT2D eigenvalue weighted by molar-refractivity contribution is -0.137. The number of nitrogens with one attached hydrogen (secondary N) is 1. The average molecular weight is 416 g/mol. The first-order chi connectivity index (χ1) is 13.9. The smallest absolute Gasteiger partial charge is 0.352 e. The molecule has 148 valence electrons. The number of nitrogens with zero attached hydrogens (tertiary/aromatic N) is 3. The summed E-state index contributed by atoms with van der Waals surface area (Å²) >= 11 is 1.44. The molecule has 0 aliphatic heterocycles. The van der Waals surface area contributed by atoms with E-state index in [0.29, 0.717) is 12.2 Å². The number of amides is 1. The van der Waals surface area contributed by atoms with E-state index in [1.807, 2.05) is 35.7 Å². The highest BCUT2D eigenvalue weighted by Gasteiger charge is 2.30. The van der Waals surface area contributed by atoms with Crippen LogP contribution >= 0.6 is 11.3 Å². The van der Waals surface area contributed by atoms with Gasteiger partial charge in [0.2, 0.25) is 4.96 Å². The van der Waals surface area contributed by atoms with Crippen LogP contribution in [0.4, 0.5) is 13.2 Å². The van der Waals surface area contributed by atoms with Crippen molar-refractivity contribution in [3.8, 4) is 11.4 Å². The maximum atomic E-state index is 12.8. The Kier molecular flexibility index (Phi) is 5.06. The van der Waals surface area contributed by atoms with Gasteiger partial charge in [0.15, 0.2) is 5.82 Å². The molecule has 0 fully saturated rings. The van der Waals surface area contributed by atoms with Crippen LogP contribution in [0.1, 0.15) is 21.6 Å². The second-order valence-corrected chi connectivity index (χ2v) is 7.14. The standard InChI is InChI=1S/C20H15F3N4OS/c21-20(22,23)15-8-4-7-14(11-15)18(28)24-10-9-16-12-29-19-25-17(26-27(16)19)13-5-2-1-3-6-13/h1-8,11-12H,9-10H2,(H,24,28). The van der Waals surface area contributed by atoms with E-state index < -0.39 is 17.6 Å². The Morgan fingerprint density at radius 1 is 1.10 bits per heavy atom. The van der Waals surface area contributed by atoms with E-state index in [1.165, 1.54) is 23.5 Å². The topological polar surface area (TPSA) is 59.3 Å². The molecule has 2 aromatic carbocycles. The van der Waals surface area contributed by atoms with E-state index in [1.54, 1.807) is 4.52 Å². The Morgan fingerprint density at radius 3 is 2.66 bits per heavy atom. The zero-order valence-corrected chi connectivity index (χ0v) is 15.8. The highest BCUT2D eigenvalue weighted by molar-refractivity contribution is 7.15. The van der Waals surface area contributed by atoms with Crippen LogP contribution in [-0.4, -0.2) is 27.0 Å². The van der Waals surface area contributed by atoms with Crippen LogP contribution < -0.4 is 5.32 Å². The summed E-state index contributed by atoms with van der Waals surface area (Å²) in [5.74, 6) is 0.0674. The second kappa shape index (κ2) is 7.67.